The Morgan fingerprint density at radius 3 is 2.18 bits per heavy atom. The van der Waals surface area contributed by atoms with E-state index in [2.05, 4.69) is 29.6 Å². The number of nitrogens with one attached hydrogen (secondary N) is 1. The largest absolute Gasteiger partial charge is 0.479 e. The zero-order valence-electron chi connectivity index (χ0n) is 19.1. The van der Waals surface area contributed by atoms with E-state index in [4.69, 9.17) is 9.47 Å². The third-order valence-corrected chi connectivity index (χ3v) is 7.52. The highest BCUT2D eigenvalue weighted by Gasteiger charge is 2.56. The van der Waals surface area contributed by atoms with E-state index < -0.39 is 23.1 Å². The Kier molecular flexibility index (Phi) is 5.56. The van der Waals surface area contributed by atoms with Gasteiger partial charge in [-0.2, -0.15) is 0 Å². The molecule has 1 heterocycles. The van der Waals surface area contributed by atoms with Crippen LogP contribution in [0, 0.1) is 5.41 Å². The summed E-state index contributed by atoms with van der Waals surface area (Å²) in [7, 11) is 1.35. The maximum absolute atomic E-state index is 13.1. The second-order valence-electron chi connectivity index (χ2n) is 9.44. The minimum absolute atomic E-state index is 0.0182. The fraction of sp³-hybridized carbons (Fsp3) is 0.423. The second kappa shape index (κ2) is 8.43. The second-order valence-corrected chi connectivity index (χ2v) is 9.44. The lowest BCUT2D eigenvalue weighted by atomic mass is 9.98. The monoisotopic (exact) mass is 464 g/mol. The van der Waals surface area contributed by atoms with E-state index in [-0.39, 0.29) is 37.9 Å². The predicted molar refractivity (Wildman–Crippen MR) is 123 cm³/mol. The molecule has 0 radical (unpaired) electrons. The van der Waals surface area contributed by atoms with Crippen LogP contribution in [0.1, 0.15) is 36.3 Å². The molecule has 2 aromatic rings. The van der Waals surface area contributed by atoms with Gasteiger partial charge in [0.1, 0.15) is 6.61 Å². The number of fused-ring (bicyclic) bond motifs is 3. The van der Waals surface area contributed by atoms with Gasteiger partial charge in [0.2, 0.25) is 5.91 Å². The van der Waals surface area contributed by atoms with Gasteiger partial charge in [-0.15, -0.1) is 0 Å². The molecule has 2 aliphatic carbocycles. The number of carboxylic acid groups (broad SMARTS) is 1. The van der Waals surface area contributed by atoms with Crippen LogP contribution < -0.4 is 5.32 Å². The third-order valence-electron chi connectivity index (χ3n) is 7.52. The molecule has 178 valence electrons. The van der Waals surface area contributed by atoms with Crippen molar-refractivity contribution in [2.75, 3.05) is 33.4 Å². The van der Waals surface area contributed by atoms with Crippen LogP contribution in [-0.2, 0) is 19.1 Å². The number of ether oxygens (including phenoxy) is 2. The third kappa shape index (κ3) is 3.72. The number of benzene rings is 2. The number of hydrogen-bond acceptors (Lipinski definition) is 5. The molecule has 2 amide bonds. The van der Waals surface area contributed by atoms with Crippen molar-refractivity contribution < 1.29 is 29.0 Å². The molecule has 5 rings (SSSR count). The van der Waals surface area contributed by atoms with Crippen LogP contribution >= 0.6 is 0 Å². The highest BCUT2D eigenvalue weighted by molar-refractivity contribution is 5.88. The summed E-state index contributed by atoms with van der Waals surface area (Å²) in [5.41, 5.74) is 2.56. The first-order valence-electron chi connectivity index (χ1n) is 11.6. The number of carbonyl (C=O) groups is 3. The minimum atomic E-state index is -1.36. The SMILES string of the molecule is COC1(C(=O)O)CCN(C(=O)C2(CNC(=O)OCC3c4ccccc4-c4ccccc43)CC2)C1. The molecule has 8 heteroatoms. The molecule has 1 saturated carbocycles. The summed E-state index contributed by atoms with van der Waals surface area (Å²) in [4.78, 5) is 38.8. The molecule has 1 unspecified atom stereocenters. The molecule has 2 fully saturated rings. The zero-order chi connectivity index (χ0) is 23.9. The van der Waals surface area contributed by atoms with Gasteiger partial charge in [-0.25, -0.2) is 9.59 Å². The summed E-state index contributed by atoms with van der Waals surface area (Å²) in [6.07, 6.45) is 0.998. The van der Waals surface area contributed by atoms with Crippen LogP contribution in [0.4, 0.5) is 4.79 Å². The van der Waals surface area contributed by atoms with Crippen molar-refractivity contribution in [3.63, 3.8) is 0 Å². The number of nitrogens with zero attached hydrogens (tertiary/aromatic N) is 1. The van der Waals surface area contributed by atoms with Gasteiger partial charge in [-0.1, -0.05) is 48.5 Å². The van der Waals surface area contributed by atoms with Gasteiger partial charge in [0, 0.05) is 32.5 Å². The standard InChI is InChI=1S/C26H28N2O6/c1-33-26(23(30)31)12-13-28(16-26)22(29)25(10-11-25)15-27-24(32)34-14-21-19-8-4-2-6-17(19)18-7-3-5-9-20(18)21/h2-9,21H,10-16H2,1H3,(H,27,32)(H,30,31). The lowest BCUT2D eigenvalue weighted by Crippen LogP contribution is -2.47. The zero-order valence-corrected chi connectivity index (χ0v) is 19.1. The number of rotatable bonds is 7. The molecule has 0 spiro atoms. The average Bonchev–Trinajstić information content (AvgIpc) is 3.40. The van der Waals surface area contributed by atoms with Crippen LogP contribution in [0.3, 0.4) is 0 Å². The van der Waals surface area contributed by atoms with E-state index in [1.54, 1.807) is 4.90 Å². The maximum Gasteiger partial charge on any atom is 0.407 e. The number of alkyl carbamates (subject to hydrolysis) is 1. The van der Waals surface area contributed by atoms with Crippen molar-refractivity contribution >= 4 is 18.0 Å². The van der Waals surface area contributed by atoms with Crippen LogP contribution in [0.15, 0.2) is 48.5 Å². The highest BCUT2D eigenvalue weighted by Crippen LogP contribution is 2.48. The van der Waals surface area contributed by atoms with Crippen molar-refractivity contribution in [3.05, 3.63) is 59.7 Å². The van der Waals surface area contributed by atoms with Gasteiger partial charge in [0.15, 0.2) is 5.60 Å². The summed E-state index contributed by atoms with van der Waals surface area (Å²) in [6, 6.07) is 16.3. The molecule has 1 aliphatic heterocycles. The molecule has 1 atom stereocenters. The van der Waals surface area contributed by atoms with Crippen LogP contribution in [0.2, 0.25) is 0 Å². The Hall–Kier alpha value is -3.39. The quantitative estimate of drug-likeness (QED) is 0.653. The molecule has 3 aliphatic rings. The van der Waals surface area contributed by atoms with Gasteiger partial charge >= 0.3 is 12.1 Å². The predicted octanol–water partition coefficient (Wildman–Crippen LogP) is 3.01. The molecule has 2 aromatic carbocycles. The molecule has 8 nitrogen and oxygen atoms in total. The molecule has 2 N–H and O–H groups in total. The Balaban J connectivity index is 1.18. The average molecular weight is 465 g/mol. The minimum Gasteiger partial charge on any atom is -0.479 e. The Labute approximate surface area is 197 Å². The number of aliphatic carboxylic acids is 1. The molecule has 0 aromatic heterocycles. The van der Waals surface area contributed by atoms with Gasteiger partial charge in [-0.05, 0) is 35.1 Å². The fourth-order valence-corrected chi connectivity index (χ4v) is 5.23. The number of likely N-dealkylation sites (tertiary alicyclic amines) is 1. The maximum atomic E-state index is 13.1. The lowest BCUT2D eigenvalue weighted by Gasteiger charge is -2.26. The number of amides is 2. The van der Waals surface area contributed by atoms with E-state index in [1.807, 2.05) is 24.3 Å². The fourth-order valence-electron chi connectivity index (χ4n) is 5.23. The van der Waals surface area contributed by atoms with Gasteiger partial charge < -0.3 is 24.8 Å². The summed E-state index contributed by atoms with van der Waals surface area (Å²) >= 11 is 0. The van der Waals surface area contributed by atoms with E-state index in [1.165, 1.54) is 7.11 Å². The summed E-state index contributed by atoms with van der Waals surface area (Å²) in [6.45, 7) is 0.726. The number of carbonyl (C=O) groups excluding carboxylic acids is 2. The van der Waals surface area contributed by atoms with Gasteiger partial charge in [0.05, 0.1) is 12.0 Å². The van der Waals surface area contributed by atoms with Gasteiger partial charge in [-0.3, -0.25) is 4.79 Å². The Morgan fingerprint density at radius 1 is 1.03 bits per heavy atom. The molecular formula is C26H28N2O6. The van der Waals surface area contributed by atoms with E-state index in [0.717, 1.165) is 22.3 Å². The number of carboxylic acids is 1. The van der Waals surface area contributed by atoms with Crippen molar-refractivity contribution in [1.82, 2.24) is 10.2 Å². The van der Waals surface area contributed by atoms with Crippen molar-refractivity contribution in [2.45, 2.75) is 30.8 Å². The van der Waals surface area contributed by atoms with Crippen molar-refractivity contribution in [3.8, 4) is 11.1 Å². The summed E-state index contributed by atoms with van der Waals surface area (Å²) in [5, 5.41) is 12.3. The lowest BCUT2D eigenvalue weighted by molar-refractivity contribution is -0.161. The van der Waals surface area contributed by atoms with E-state index >= 15 is 0 Å². The highest BCUT2D eigenvalue weighted by atomic mass is 16.5. The Bertz CT molecular complexity index is 1100. The Morgan fingerprint density at radius 2 is 1.65 bits per heavy atom. The van der Waals surface area contributed by atoms with E-state index in [9.17, 15) is 19.5 Å². The van der Waals surface area contributed by atoms with Crippen LogP contribution in [-0.4, -0.2) is 66.9 Å². The molecule has 1 saturated heterocycles. The first-order chi connectivity index (χ1) is 16.4. The number of hydrogen-bond donors (Lipinski definition) is 2. The first-order valence-corrected chi connectivity index (χ1v) is 11.6. The van der Waals surface area contributed by atoms with E-state index in [0.29, 0.717) is 19.4 Å². The first kappa shape index (κ1) is 22.4. The normalized spacial score (nSPS) is 22.1. The number of methoxy groups -OCH3 is 1. The topological polar surface area (TPSA) is 105 Å². The van der Waals surface area contributed by atoms with Crippen molar-refractivity contribution in [2.24, 2.45) is 5.41 Å². The summed E-state index contributed by atoms with van der Waals surface area (Å²) < 4.78 is 10.8. The van der Waals surface area contributed by atoms with Crippen LogP contribution in [0.5, 0.6) is 0 Å². The molecule has 0 bridgehead atoms. The van der Waals surface area contributed by atoms with Crippen LogP contribution in [0.25, 0.3) is 11.1 Å². The molecule has 34 heavy (non-hydrogen) atoms. The van der Waals surface area contributed by atoms with Crippen molar-refractivity contribution in [1.29, 1.82) is 0 Å². The molecular weight excluding hydrogens is 436 g/mol. The smallest absolute Gasteiger partial charge is 0.407 e. The van der Waals surface area contributed by atoms with Gasteiger partial charge in [0.25, 0.3) is 0 Å². The summed E-state index contributed by atoms with van der Waals surface area (Å²) in [5.74, 6) is -1.23.